The zero-order valence-corrected chi connectivity index (χ0v) is 16.2. The number of carbonyl (C=O) groups is 3. The minimum Gasteiger partial charge on any atom is -0.453 e. The third kappa shape index (κ3) is 7.23. The number of hydrogen-bond acceptors (Lipinski definition) is 4. The molecule has 0 heterocycles. The number of carbonyl (C=O) groups excluding carboxylic acids is 3. The average Bonchev–Trinajstić information content (AvgIpc) is 2.70. The Labute approximate surface area is 171 Å². The van der Waals surface area contributed by atoms with Gasteiger partial charge in [0.15, 0.2) is 6.10 Å². The van der Waals surface area contributed by atoms with Crippen molar-refractivity contribution in [1.29, 1.82) is 0 Å². The minimum absolute atomic E-state index is 0.0654. The first-order valence-corrected chi connectivity index (χ1v) is 9.21. The van der Waals surface area contributed by atoms with Gasteiger partial charge in [0.1, 0.15) is 17.5 Å². The van der Waals surface area contributed by atoms with E-state index >= 15 is 0 Å². The van der Waals surface area contributed by atoms with Crippen LogP contribution in [0.1, 0.15) is 35.7 Å². The van der Waals surface area contributed by atoms with Gasteiger partial charge in [0.05, 0.1) is 5.56 Å². The van der Waals surface area contributed by atoms with E-state index in [-0.39, 0.29) is 37.3 Å². The summed E-state index contributed by atoms with van der Waals surface area (Å²) < 4.78 is 44.2. The normalized spacial score (nSPS) is 11.5. The second-order valence-electron chi connectivity index (χ2n) is 6.46. The van der Waals surface area contributed by atoms with Gasteiger partial charge < -0.3 is 15.4 Å². The summed E-state index contributed by atoms with van der Waals surface area (Å²) in [6, 6.07) is 8.20. The van der Waals surface area contributed by atoms with Gasteiger partial charge in [0.2, 0.25) is 0 Å². The van der Waals surface area contributed by atoms with Gasteiger partial charge in [0, 0.05) is 25.6 Å². The van der Waals surface area contributed by atoms with Crippen molar-refractivity contribution >= 4 is 17.8 Å². The number of nitrogens with one attached hydrogen (secondary N) is 2. The van der Waals surface area contributed by atoms with Crippen molar-refractivity contribution in [2.75, 3.05) is 6.54 Å². The van der Waals surface area contributed by atoms with Crippen molar-refractivity contribution in [2.24, 2.45) is 0 Å². The minimum atomic E-state index is -1.03. The lowest BCUT2D eigenvalue weighted by Crippen LogP contribution is -2.35. The van der Waals surface area contributed by atoms with Gasteiger partial charge in [-0.2, -0.15) is 0 Å². The molecule has 0 saturated carbocycles. The fourth-order valence-corrected chi connectivity index (χ4v) is 2.45. The van der Waals surface area contributed by atoms with Crippen molar-refractivity contribution in [1.82, 2.24) is 10.6 Å². The summed E-state index contributed by atoms with van der Waals surface area (Å²) in [7, 11) is 0. The molecule has 2 rings (SSSR count). The van der Waals surface area contributed by atoms with Crippen molar-refractivity contribution in [3.05, 3.63) is 71.0 Å². The molecule has 0 bridgehead atoms. The molecule has 30 heavy (non-hydrogen) atoms. The van der Waals surface area contributed by atoms with Gasteiger partial charge in [-0.25, -0.2) is 13.2 Å². The van der Waals surface area contributed by atoms with Gasteiger partial charge in [-0.05, 0) is 43.2 Å². The van der Waals surface area contributed by atoms with E-state index < -0.39 is 35.5 Å². The largest absolute Gasteiger partial charge is 0.453 e. The molecule has 0 radical (unpaired) electrons. The molecule has 2 N–H and O–H groups in total. The Hall–Kier alpha value is -3.36. The van der Waals surface area contributed by atoms with Gasteiger partial charge in [-0.1, -0.05) is 12.1 Å². The Morgan fingerprint density at radius 3 is 2.30 bits per heavy atom. The quantitative estimate of drug-likeness (QED) is 0.481. The van der Waals surface area contributed by atoms with Gasteiger partial charge in [-0.3, -0.25) is 14.4 Å². The Kier molecular flexibility index (Phi) is 8.40. The van der Waals surface area contributed by atoms with E-state index in [4.69, 9.17) is 4.74 Å². The van der Waals surface area contributed by atoms with E-state index in [1.807, 2.05) is 0 Å². The molecule has 0 aromatic heterocycles. The molecule has 0 saturated heterocycles. The molecular formula is C21H21F3N2O4. The molecule has 0 aliphatic carbocycles. The highest BCUT2D eigenvalue weighted by atomic mass is 19.1. The zero-order chi connectivity index (χ0) is 22.1. The molecule has 9 heteroatoms. The number of hydrogen-bond donors (Lipinski definition) is 2. The second-order valence-corrected chi connectivity index (χ2v) is 6.46. The van der Waals surface area contributed by atoms with Crippen molar-refractivity contribution < 1.29 is 32.3 Å². The summed E-state index contributed by atoms with van der Waals surface area (Å²) in [5, 5.41) is 4.99. The average molecular weight is 422 g/mol. The molecule has 6 nitrogen and oxygen atoms in total. The van der Waals surface area contributed by atoms with E-state index in [0.29, 0.717) is 11.6 Å². The molecule has 2 aromatic carbocycles. The van der Waals surface area contributed by atoms with E-state index in [1.165, 1.54) is 31.2 Å². The number of ether oxygens (including phenoxy) is 1. The maximum atomic E-state index is 13.5. The molecule has 2 amide bonds. The summed E-state index contributed by atoms with van der Waals surface area (Å²) in [4.78, 5) is 35.6. The second kappa shape index (κ2) is 11.0. The highest BCUT2D eigenvalue weighted by molar-refractivity contribution is 5.94. The van der Waals surface area contributed by atoms with Crippen LogP contribution in [0.3, 0.4) is 0 Å². The predicted octanol–water partition coefficient (Wildman–Crippen LogP) is 2.86. The van der Waals surface area contributed by atoms with Crippen LogP contribution in [0.2, 0.25) is 0 Å². The van der Waals surface area contributed by atoms with Crippen LogP contribution in [0.4, 0.5) is 13.2 Å². The van der Waals surface area contributed by atoms with Crippen LogP contribution < -0.4 is 10.6 Å². The molecule has 1 unspecified atom stereocenters. The number of rotatable bonds is 9. The first-order valence-electron chi connectivity index (χ1n) is 9.21. The van der Waals surface area contributed by atoms with E-state index in [2.05, 4.69) is 10.6 Å². The molecular weight excluding hydrogens is 401 g/mol. The molecule has 0 aliphatic rings. The Morgan fingerprint density at radius 1 is 0.967 bits per heavy atom. The van der Waals surface area contributed by atoms with Crippen LogP contribution in [0.5, 0.6) is 0 Å². The Balaban J connectivity index is 1.66. The van der Waals surface area contributed by atoms with Gasteiger partial charge in [0.25, 0.3) is 11.8 Å². The van der Waals surface area contributed by atoms with Crippen LogP contribution in [0.15, 0.2) is 42.5 Å². The van der Waals surface area contributed by atoms with E-state index in [0.717, 1.165) is 12.1 Å². The number of esters is 1. The molecule has 0 fully saturated rings. The summed E-state index contributed by atoms with van der Waals surface area (Å²) in [6.45, 7) is 1.64. The van der Waals surface area contributed by atoms with Crippen molar-refractivity contribution in [3.8, 4) is 0 Å². The third-order valence-electron chi connectivity index (χ3n) is 4.08. The van der Waals surface area contributed by atoms with Crippen LogP contribution in [0.25, 0.3) is 0 Å². The van der Waals surface area contributed by atoms with Gasteiger partial charge >= 0.3 is 5.97 Å². The van der Waals surface area contributed by atoms with Crippen LogP contribution in [-0.4, -0.2) is 30.4 Å². The number of amides is 2. The Bertz CT molecular complexity index is 904. The van der Waals surface area contributed by atoms with Crippen LogP contribution >= 0.6 is 0 Å². The number of benzene rings is 2. The SMILES string of the molecule is CC(OC(=O)CCCNC(=O)c1ccc(F)cc1F)C(=O)NCc1ccc(F)cc1. The maximum absolute atomic E-state index is 13.5. The molecule has 1 atom stereocenters. The lowest BCUT2D eigenvalue weighted by atomic mass is 10.2. The first kappa shape index (κ1) is 22.9. The van der Waals surface area contributed by atoms with Crippen LogP contribution in [0, 0.1) is 17.5 Å². The maximum Gasteiger partial charge on any atom is 0.306 e. The standard InChI is InChI=1S/C21H21F3N2O4/c1-13(20(28)26-12-14-4-6-15(22)7-5-14)30-19(27)3-2-10-25-21(29)17-9-8-16(23)11-18(17)24/h4-9,11,13H,2-3,10,12H2,1H3,(H,25,29)(H,26,28). The lowest BCUT2D eigenvalue weighted by Gasteiger charge is -2.13. The Morgan fingerprint density at radius 2 is 1.63 bits per heavy atom. The summed E-state index contributed by atoms with van der Waals surface area (Å²) >= 11 is 0. The predicted molar refractivity (Wildman–Crippen MR) is 102 cm³/mol. The fraction of sp³-hybridized carbons (Fsp3) is 0.286. The summed E-state index contributed by atoms with van der Waals surface area (Å²) in [5.74, 6) is -4.02. The molecule has 0 aliphatic heterocycles. The molecule has 2 aromatic rings. The van der Waals surface area contributed by atoms with Gasteiger partial charge in [-0.15, -0.1) is 0 Å². The van der Waals surface area contributed by atoms with Crippen molar-refractivity contribution in [2.45, 2.75) is 32.4 Å². The third-order valence-corrected chi connectivity index (χ3v) is 4.08. The summed E-state index contributed by atoms with van der Waals surface area (Å²) in [5.41, 5.74) is 0.391. The van der Waals surface area contributed by atoms with E-state index in [1.54, 1.807) is 0 Å². The first-order chi connectivity index (χ1) is 14.3. The smallest absolute Gasteiger partial charge is 0.306 e. The zero-order valence-electron chi connectivity index (χ0n) is 16.2. The van der Waals surface area contributed by atoms with Crippen LogP contribution in [-0.2, 0) is 20.9 Å². The fourth-order valence-electron chi connectivity index (χ4n) is 2.45. The topological polar surface area (TPSA) is 84.5 Å². The lowest BCUT2D eigenvalue weighted by molar-refractivity contribution is -0.154. The molecule has 0 spiro atoms. The van der Waals surface area contributed by atoms with E-state index in [9.17, 15) is 27.6 Å². The summed E-state index contributed by atoms with van der Waals surface area (Å²) in [6.07, 6.45) is -0.889. The highest BCUT2D eigenvalue weighted by Crippen LogP contribution is 2.09. The van der Waals surface area contributed by atoms with Crippen molar-refractivity contribution in [3.63, 3.8) is 0 Å². The number of halogens is 3. The monoisotopic (exact) mass is 422 g/mol. The highest BCUT2D eigenvalue weighted by Gasteiger charge is 2.17. The molecule has 160 valence electrons.